The Morgan fingerprint density at radius 2 is 1.48 bits per heavy atom. The van der Waals surface area contributed by atoms with Crippen LogP contribution < -0.4 is 20.0 Å². The van der Waals surface area contributed by atoms with Crippen molar-refractivity contribution in [2.45, 2.75) is 105 Å². The van der Waals surface area contributed by atoms with Crippen molar-refractivity contribution in [1.82, 2.24) is 25.1 Å². The number of benzene rings is 2. The van der Waals surface area contributed by atoms with Gasteiger partial charge in [0.2, 0.25) is 0 Å². The lowest BCUT2D eigenvalue weighted by molar-refractivity contribution is 0.0915. The van der Waals surface area contributed by atoms with Gasteiger partial charge in [0.25, 0.3) is 5.91 Å². The van der Waals surface area contributed by atoms with E-state index >= 15 is 0 Å². The second kappa shape index (κ2) is 24.1. The van der Waals surface area contributed by atoms with Crippen molar-refractivity contribution in [3.8, 4) is 0 Å². The molecule has 0 spiro atoms. The summed E-state index contributed by atoms with van der Waals surface area (Å²) in [5.41, 5.74) is 4.76. The first-order valence-corrected chi connectivity index (χ1v) is 24.3. The Balaban J connectivity index is 0.991. The third-order valence-electron chi connectivity index (χ3n) is 13.6. The largest absolute Gasteiger partial charge is 0.378 e. The van der Waals surface area contributed by atoms with Crippen LogP contribution in [0.25, 0.3) is 0 Å². The molecule has 0 aliphatic carbocycles. The molecule has 2 unspecified atom stereocenters. The maximum absolute atomic E-state index is 13.5. The lowest BCUT2D eigenvalue weighted by atomic mass is 9.91. The van der Waals surface area contributed by atoms with E-state index in [1.165, 1.54) is 32.1 Å². The highest BCUT2D eigenvalue weighted by atomic mass is 16.5. The standard InChI is InChI=1S/C51H76N8O4/c1-7-10-11-12-24-57(9-3)49-36-47(39(5)52-51(62)42-15-17-43(18-16-42)59-31-33-63-34-32-59)53-48(54-49)14-13-23-55-25-21-41(22-26-55)37-56-27-29-58(30-28-56)44-19-20-45(40(6)60)46(35-44)50(61)38(4)8-2/h15-20,35-36,38-39,41H,7-14,21-34,37H2,1-6H3,(H,52,62). The molecule has 3 saturated heterocycles. The number of rotatable bonds is 22. The smallest absolute Gasteiger partial charge is 0.251 e. The number of Topliss-reactive ketones (excluding diaryl/α,β-unsaturated/α-hetero) is 2. The molecule has 3 aromatic rings. The highest BCUT2D eigenvalue weighted by molar-refractivity contribution is 6.09. The van der Waals surface area contributed by atoms with Crippen molar-refractivity contribution < 1.29 is 19.1 Å². The first-order valence-electron chi connectivity index (χ1n) is 24.3. The highest BCUT2D eigenvalue weighted by Crippen LogP contribution is 2.27. The molecule has 344 valence electrons. The van der Waals surface area contributed by atoms with Gasteiger partial charge in [-0.05, 0) is 121 Å². The zero-order valence-corrected chi connectivity index (χ0v) is 39.4. The fourth-order valence-electron chi connectivity index (χ4n) is 9.26. The minimum absolute atomic E-state index is 0.0552. The zero-order chi connectivity index (χ0) is 44.7. The molecule has 0 saturated carbocycles. The summed E-state index contributed by atoms with van der Waals surface area (Å²) < 4.78 is 5.51. The molecule has 0 radical (unpaired) electrons. The number of carbonyl (C=O) groups excluding carboxylic acids is 3. The van der Waals surface area contributed by atoms with E-state index in [0.717, 1.165) is 146 Å². The minimum Gasteiger partial charge on any atom is -0.378 e. The van der Waals surface area contributed by atoms with Crippen molar-refractivity contribution in [2.24, 2.45) is 11.8 Å². The molecule has 4 heterocycles. The van der Waals surface area contributed by atoms with Gasteiger partial charge in [0.1, 0.15) is 11.6 Å². The van der Waals surface area contributed by atoms with Crippen LogP contribution in [0.5, 0.6) is 0 Å². The Morgan fingerprint density at radius 1 is 0.778 bits per heavy atom. The number of piperazine rings is 1. The summed E-state index contributed by atoms with van der Waals surface area (Å²) in [5.74, 6) is 2.31. The summed E-state index contributed by atoms with van der Waals surface area (Å²) in [4.78, 5) is 61.5. The Kier molecular flexibility index (Phi) is 18.4. The molecule has 1 N–H and O–H groups in total. The van der Waals surface area contributed by atoms with Crippen molar-refractivity contribution >= 4 is 34.7 Å². The number of amides is 1. The molecule has 3 aliphatic rings. The van der Waals surface area contributed by atoms with Crippen molar-refractivity contribution in [2.75, 3.05) is 106 Å². The fraction of sp³-hybridized carbons (Fsp3) is 0.627. The molecule has 12 heteroatoms. The van der Waals surface area contributed by atoms with E-state index in [2.05, 4.69) is 49.7 Å². The van der Waals surface area contributed by atoms with Gasteiger partial charge in [0.05, 0.1) is 24.9 Å². The number of likely N-dealkylation sites (tertiary alicyclic amines) is 1. The number of morpholine rings is 1. The Hall–Kier alpha value is -4.39. The number of anilines is 3. The summed E-state index contributed by atoms with van der Waals surface area (Å²) in [6.07, 6.45) is 9.77. The van der Waals surface area contributed by atoms with E-state index in [4.69, 9.17) is 14.7 Å². The molecule has 2 aromatic carbocycles. The molecule has 12 nitrogen and oxygen atoms in total. The van der Waals surface area contributed by atoms with Gasteiger partial charge in [0.15, 0.2) is 11.6 Å². The number of piperidine rings is 1. The molecule has 1 amide bonds. The maximum Gasteiger partial charge on any atom is 0.251 e. The minimum atomic E-state index is -0.269. The van der Waals surface area contributed by atoms with E-state index in [9.17, 15) is 14.4 Å². The number of hydrogen-bond acceptors (Lipinski definition) is 11. The molecular weight excluding hydrogens is 789 g/mol. The van der Waals surface area contributed by atoms with Gasteiger partial charge in [-0.2, -0.15) is 0 Å². The van der Waals surface area contributed by atoms with Crippen LogP contribution in [0.2, 0.25) is 0 Å². The van der Waals surface area contributed by atoms with E-state index in [1.807, 2.05) is 63.2 Å². The third-order valence-corrected chi connectivity index (χ3v) is 13.6. The Labute approximate surface area is 378 Å². The van der Waals surface area contributed by atoms with Gasteiger partial charge in [0, 0.05) is 105 Å². The SMILES string of the molecule is CCCCCCN(CC)c1cc(C(C)NC(=O)c2ccc(N3CCOCC3)cc2)nc(CCCN2CCC(CN3CCN(c4ccc(C(C)=O)c(C(=O)C(C)CC)c4)CC3)CC2)n1. The van der Waals surface area contributed by atoms with Crippen LogP contribution in [0.1, 0.15) is 142 Å². The van der Waals surface area contributed by atoms with Crippen LogP contribution in [0, 0.1) is 11.8 Å². The van der Waals surface area contributed by atoms with E-state index in [1.54, 1.807) is 6.92 Å². The highest BCUT2D eigenvalue weighted by Gasteiger charge is 2.26. The van der Waals surface area contributed by atoms with Crippen LogP contribution in [-0.2, 0) is 11.2 Å². The average Bonchev–Trinajstić information content (AvgIpc) is 3.31. The maximum atomic E-state index is 13.5. The lowest BCUT2D eigenvalue weighted by Gasteiger charge is -2.39. The van der Waals surface area contributed by atoms with Crippen LogP contribution in [-0.4, -0.2) is 129 Å². The first-order chi connectivity index (χ1) is 30.6. The summed E-state index contributed by atoms with van der Waals surface area (Å²) in [5, 5.41) is 3.23. The predicted molar refractivity (Wildman–Crippen MR) is 256 cm³/mol. The van der Waals surface area contributed by atoms with Crippen molar-refractivity contribution in [1.29, 1.82) is 0 Å². The van der Waals surface area contributed by atoms with Gasteiger partial charge in [-0.25, -0.2) is 9.97 Å². The number of hydrogen-bond donors (Lipinski definition) is 1. The molecule has 63 heavy (non-hydrogen) atoms. The van der Waals surface area contributed by atoms with Crippen LogP contribution in [0.4, 0.5) is 17.2 Å². The molecular formula is C51H76N8O4. The number of nitrogens with one attached hydrogen (secondary N) is 1. The van der Waals surface area contributed by atoms with Crippen LogP contribution in [0.15, 0.2) is 48.5 Å². The van der Waals surface area contributed by atoms with Gasteiger partial charge in [-0.15, -0.1) is 0 Å². The normalized spacial score (nSPS) is 17.7. The van der Waals surface area contributed by atoms with Crippen LogP contribution in [0.3, 0.4) is 0 Å². The number of aryl methyl sites for hydroxylation is 1. The molecule has 3 fully saturated rings. The number of unbranched alkanes of at least 4 members (excludes halogenated alkanes) is 3. The van der Waals surface area contributed by atoms with E-state index in [0.29, 0.717) is 22.6 Å². The molecule has 1 aromatic heterocycles. The summed E-state index contributed by atoms with van der Waals surface area (Å²) >= 11 is 0. The number of nitrogens with zero attached hydrogens (tertiary/aromatic N) is 7. The third kappa shape index (κ3) is 13.6. The van der Waals surface area contributed by atoms with E-state index < -0.39 is 0 Å². The summed E-state index contributed by atoms with van der Waals surface area (Å²) in [6, 6.07) is 15.5. The molecule has 3 aliphatic heterocycles. The number of carbonyl (C=O) groups is 3. The monoisotopic (exact) mass is 865 g/mol. The fourth-order valence-corrected chi connectivity index (χ4v) is 9.26. The van der Waals surface area contributed by atoms with Gasteiger partial charge in [-0.1, -0.05) is 40.0 Å². The second-order valence-corrected chi connectivity index (χ2v) is 18.2. The quantitative estimate of drug-likeness (QED) is 0.0781. The topological polar surface area (TPSA) is 114 Å². The van der Waals surface area contributed by atoms with Gasteiger partial charge >= 0.3 is 0 Å². The second-order valence-electron chi connectivity index (χ2n) is 18.2. The zero-order valence-electron chi connectivity index (χ0n) is 39.4. The predicted octanol–water partition coefficient (Wildman–Crippen LogP) is 8.11. The molecule has 2 atom stereocenters. The van der Waals surface area contributed by atoms with Crippen molar-refractivity contribution in [3.63, 3.8) is 0 Å². The number of ketones is 2. The van der Waals surface area contributed by atoms with Crippen LogP contribution >= 0.6 is 0 Å². The number of ether oxygens (including phenoxy) is 1. The number of aromatic nitrogens is 2. The van der Waals surface area contributed by atoms with Gasteiger partial charge in [-0.3, -0.25) is 19.3 Å². The lowest BCUT2D eigenvalue weighted by Crippen LogP contribution is -2.49. The summed E-state index contributed by atoms with van der Waals surface area (Å²) in [7, 11) is 0. The molecule has 0 bridgehead atoms. The van der Waals surface area contributed by atoms with Gasteiger partial charge < -0.3 is 29.7 Å². The Bertz CT molecular complexity index is 1920. The molecule has 6 rings (SSSR count). The average molecular weight is 865 g/mol. The van der Waals surface area contributed by atoms with E-state index in [-0.39, 0.29) is 29.4 Å². The first kappa shape index (κ1) is 48.1. The van der Waals surface area contributed by atoms with Crippen molar-refractivity contribution in [3.05, 3.63) is 76.7 Å². The summed E-state index contributed by atoms with van der Waals surface area (Å²) in [6.45, 7) is 25.2. The Morgan fingerprint density at radius 3 is 2.14 bits per heavy atom.